The van der Waals surface area contributed by atoms with Gasteiger partial charge in [-0.15, -0.1) is 13.2 Å². The monoisotopic (exact) mass is 416 g/mol. The summed E-state index contributed by atoms with van der Waals surface area (Å²) in [7, 11) is 2.38. The van der Waals surface area contributed by atoms with Gasteiger partial charge in [0.25, 0.3) is 0 Å². The number of likely N-dealkylation sites (N-methyl/N-ethyl adjacent to an activating group) is 1. The highest BCUT2D eigenvalue weighted by molar-refractivity contribution is 5.19. The number of unbranched alkanes of at least 4 members (excludes halogenated alkanes) is 4. The third-order valence-electron chi connectivity index (χ3n) is 7.58. The quantitative estimate of drug-likeness (QED) is 0.292. The molecule has 2 aliphatic rings. The molecule has 2 fully saturated rings. The summed E-state index contributed by atoms with van der Waals surface area (Å²) in [4.78, 5) is 2.75. The third-order valence-corrected chi connectivity index (χ3v) is 7.58. The van der Waals surface area contributed by atoms with Gasteiger partial charge in [0.05, 0.1) is 6.07 Å². The first kappa shape index (κ1) is 28.9. The van der Waals surface area contributed by atoms with Crippen LogP contribution in [0.5, 0.6) is 0 Å². The standard InChI is InChI=1S/C20H34N2.C6H14.C2H4/c1-4-17(12-9-7-6-8-10-15-21)19-16-18-13-11-14-20(18,5-2)22(19)3;1-5-6(2,3)4;1-2/h4,18-19H,5-14,16H2,1-3H3;5H2,1-4H3;1-2H2. The molecular formula is C28H52N2. The van der Waals surface area contributed by atoms with Crippen LogP contribution in [0, 0.1) is 22.7 Å². The predicted octanol–water partition coefficient (Wildman–Crippen LogP) is 8.69. The van der Waals surface area contributed by atoms with Gasteiger partial charge in [-0.3, -0.25) is 4.90 Å². The van der Waals surface area contributed by atoms with Crippen molar-refractivity contribution in [3.8, 4) is 6.07 Å². The number of hydrogen-bond acceptors (Lipinski definition) is 2. The van der Waals surface area contributed by atoms with E-state index in [1.54, 1.807) is 5.57 Å². The van der Waals surface area contributed by atoms with Crippen LogP contribution in [0.4, 0.5) is 0 Å². The summed E-state index contributed by atoms with van der Waals surface area (Å²) < 4.78 is 0. The summed E-state index contributed by atoms with van der Waals surface area (Å²) in [5, 5.41) is 8.58. The molecule has 0 radical (unpaired) electrons. The molecule has 0 N–H and O–H groups in total. The Kier molecular flexibility index (Phi) is 14.3. The van der Waals surface area contributed by atoms with E-state index >= 15 is 0 Å². The van der Waals surface area contributed by atoms with Crippen molar-refractivity contribution in [2.45, 2.75) is 130 Å². The van der Waals surface area contributed by atoms with Gasteiger partial charge < -0.3 is 0 Å². The smallest absolute Gasteiger partial charge is 0.0621 e. The van der Waals surface area contributed by atoms with E-state index in [4.69, 9.17) is 5.26 Å². The fraction of sp³-hybridized carbons (Fsp3) is 0.821. The van der Waals surface area contributed by atoms with Crippen LogP contribution in [0.3, 0.4) is 0 Å². The highest BCUT2D eigenvalue weighted by Crippen LogP contribution is 2.52. The second-order valence-corrected chi connectivity index (χ2v) is 10.3. The number of allylic oxidation sites excluding steroid dienone is 1. The van der Waals surface area contributed by atoms with Crippen LogP contribution in [-0.2, 0) is 0 Å². The lowest BCUT2D eigenvalue weighted by Crippen LogP contribution is -2.45. The van der Waals surface area contributed by atoms with Gasteiger partial charge in [0.2, 0.25) is 0 Å². The van der Waals surface area contributed by atoms with Gasteiger partial charge in [-0.1, -0.05) is 72.0 Å². The van der Waals surface area contributed by atoms with E-state index in [0.717, 1.165) is 18.8 Å². The summed E-state index contributed by atoms with van der Waals surface area (Å²) >= 11 is 0. The van der Waals surface area contributed by atoms with E-state index < -0.39 is 0 Å². The van der Waals surface area contributed by atoms with Gasteiger partial charge in [-0.25, -0.2) is 0 Å². The summed E-state index contributed by atoms with van der Waals surface area (Å²) in [5.74, 6) is 0.929. The van der Waals surface area contributed by atoms with Crippen LogP contribution in [0.1, 0.15) is 119 Å². The van der Waals surface area contributed by atoms with Crippen LogP contribution >= 0.6 is 0 Å². The second kappa shape index (κ2) is 14.9. The van der Waals surface area contributed by atoms with Crippen molar-refractivity contribution in [3.63, 3.8) is 0 Å². The van der Waals surface area contributed by atoms with Crippen molar-refractivity contribution in [2.24, 2.45) is 11.3 Å². The summed E-state index contributed by atoms with van der Waals surface area (Å²) in [5.41, 5.74) is 2.72. The fourth-order valence-electron chi connectivity index (χ4n) is 5.17. The summed E-state index contributed by atoms with van der Waals surface area (Å²) in [6.07, 6.45) is 17.5. The molecule has 30 heavy (non-hydrogen) atoms. The molecule has 174 valence electrons. The number of likely N-dealkylation sites (tertiary alicyclic amines) is 1. The third kappa shape index (κ3) is 8.58. The number of nitriles is 1. The SMILES string of the molecule is C=C.CC=C(CCCCCCC#N)C1CC2CCCC2(CC)N1C.CCC(C)(C)C. The lowest BCUT2D eigenvalue weighted by Gasteiger charge is -2.38. The van der Waals surface area contributed by atoms with E-state index in [0.29, 0.717) is 17.0 Å². The van der Waals surface area contributed by atoms with E-state index in [-0.39, 0.29) is 0 Å². The molecule has 1 aliphatic heterocycles. The van der Waals surface area contributed by atoms with Crippen LogP contribution in [0.15, 0.2) is 24.8 Å². The van der Waals surface area contributed by atoms with Gasteiger partial charge in [0.15, 0.2) is 0 Å². The summed E-state index contributed by atoms with van der Waals surface area (Å²) in [6.45, 7) is 19.6. The normalized spacial score (nSPS) is 26.1. The Balaban J connectivity index is 0.000000905. The predicted molar refractivity (Wildman–Crippen MR) is 135 cm³/mol. The van der Waals surface area contributed by atoms with Crippen molar-refractivity contribution in [1.29, 1.82) is 5.26 Å². The highest BCUT2D eigenvalue weighted by Gasteiger charge is 2.52. The number of hydrogen-bond donors (Lipinski definition) is 0. The number of rotatable bonds is 8. The molecule has 2 nitrogen and oxygen atoms in total. The minimum absolute atomic E-state index is 0.506. The van der Waals surface area contributed by atoms with Gasteiger partial charge in [0.1, 0.15) is 0 Å². The molecule has 1 saturated carbocycles. The van der Waals surface area contributed by atoms with Gasteiger partial charge in [0, 0.05) is 18.0 Å². The molecule has 0 aromatic rings. The zero-order valence-corrected chi connectivity index (χ0v) is 21.5. The van der Waals surface area contributed by atoms with E-state index in [1.807, 2.05) is 0 Å². The maximum absolute atomic E-state index is 8.58. The number of fused-ring (bicyclic) bond motifs is 1. The molecule has 2 rings (SSSR count). The van der Waals surface area contributed by atoms with Crippen LogP contribution in [0.25, 0.3) is 0 Å². The fourth-order valence-corrected chi connectivity index (χ4v) is 5.17. The van der Waals surface area contributed by atoms with Crippen LogP contribution in [0.2, 0.25) is 0 Å². The molecule has 1 saturated heterocycles. The molecule has 0 amide bonds. The first-order chi connectivity index (χ1) is 14.3. The lowest BCUT2D eigenvalue weighted by molar-refractivity contribution is 0.123. The molecule has 3 atom stereocenters. The number of nitrogens with zero attached hydrogens (tertiary/aromatic N) is 2. The molecule has 2 heteroatoms. The molecule has 1 aliphatic carbocycles. The van der Waals surface area contributed by atoms with E-state index in [2.05, 4.69) is 78.8 Å². The highest BCUT2D eigenvalue weighted by atomic mass is 15.2. The van der Waals surface area contributed by atoms with Gasteiger partial charge in [-0.05, 0) is 70.3 Å². The van der Waals surface area contributed by atoms with Crippen molar-refractivity contribution in [1.82, 2.24) is 4.90 Å². The van der Waals surface area contributed by atoms with Gasteiger partial charge >= 0.3 is 0 Å². The zero-order valence-electron chi connectivity index (χ0n) is 21.5. The Morgan fingerprint density at radius 3 is 2.23 bits per heavy atom. The minimum atomic E-state index is 0.506. The van der Waals surface area contributed by atoms with Crippen molar-refractivity contribution in [2.75, 3.05) is 7.05 Å². The van der Waals surface area contributed by atoms with Crippen LogP contribution in [-0.4, -0.2) is 23.5 Å². The molecule has 0 aromatic carbocycles. The van der Waals surface area contributed by atoms with Crippen LogP contribution < -0.4 is 0 Å². The maximum atomic E-state index is 8.58. The lowest BCUT2D eigenvalue weighted by atomic mass is 9.85. The second-order valence-electron chi connectivity index (χ2n) is 10.3. The first-order valence-corrected chi connectivity index (χ1v) is 12.5. The Hall–Kier alpha value is -1.07. The van der Waals surface area contributed by atoms with Crippen molar-refractivity contribution in [3.05, 3.63) is 24.8 Å². The zero-order chi connectivity index (χ0) is 23.2. The first-order valence-electron chi connectivity index (χ1n) is 12.5. The minimum Gasteiger partial charge on any atom is -0.294 e. The Labute approximate surface area is 189 Å². The molecule has 0 aromatic heterocycles. The topological polar surface area (TPSA) is 27.0 Å². The average Bonchev–Trinajstić information content (AvgIpc) is 3.27. The largest absolute Gasteiger partial charge is 0.294 e. The van der Waals surface area contributed by atoms with Crippen molar-refractivity contribution >= 4 is 0 Å². The molecular weight excluding hydrogens is 364 g/mol. The van der Waals surface area contributed by atoms with E-state index in [1.165, 1.54) is 64.2 Å². The Morgan fingerprint density at radius 1 is 1.17 bits per heavy atom. The molecule has 0 spiro atoms. The van der Waals surface area contributed by atoms with Gasteiger partial charge in [-0.2, -0.15) is 5.26 Å². The Bertz CT molecular complexity index is 522. The molecule has 1 heterocycles. The summed E-state index contributed by atoms with van der Waals surface area (Å²) in [6, 6.07) is 2.93. The van der Waals surface area contributed by atoms with E-state index in [9.17, 15) is 0 Å². The molecule has 3 unspecified atom stereocenters. The van der Waals surface area contributed by atoms with Crippen molar-refractivity contribution < 1.29 is 0 Å². The maximum Gasteiger partial charge on any atom is 0.0621 e. The average molecular weight is 417 g/mol. The molecule has 0 bridgehead atoms. The Morgan fingerprint density at radius 2 is 1.77 bits per heavy atom.